The smallest absolute Gasteiger partial charge is 0.254 e. The zero-order valence-corrected chi connectivity index (χ0v) is 34.6. The topological polar surface area (TPSA) is 129 Å². The van der Waals surface area contributed by atoms with Crippen LogP contribution in [-0.2, 0) is 9.57 Å². The van der Waals surface area contributed by atoms with E-state index in [0.717, 1.165) is 53.2 Å². The molecule has 0 spiro atoms. The Labute approximate surface area is 346 Å². The van der Waals surface area contributed by atoms with E-state index in [1.807, 2.05) is 47.6 Å². The van der Waals surface area contributed by atoms with Crippen LogP contribution in [0.5, 0.6) is 28.7 Å². The molecule has 12 heteroatoms. The highest BCUT2D eigenvalue weighted by Crippen LogP contribution is 2.62. The van der Waals surface area contributed by atoms with E-state index in [9.17, 15) is 15.0 Å². The average molecular weight is 813 g/mol. The summed E-state index contributed by atoms with van der Waals surface area (Å²) in [6.07, 6.45) is 11.9. The summed E-state index contributed by atoms with van der Waals surface area (Å²) in [5.74, 6) is 1.31. The molecule has 1 amide bonds. The Bertz CT molecular complexity index is 1970. The van der Waals surface area contributed by atoms with Crippen LogP contribution in [0.2, 0.25) is 0 Å². The van der Waals surface area contributed by atoms with E-state index in [1.165, 1.54) is 0 Å². The third kappa shape index (κ3) is 8.34. The molecule has 310 valence electrons. The molecule has 2 aliphatic carbocycles. The van der Waals surface area contributed by atoms with Gasteiger partial charge in [0, 0.05) is 48.1 Å². The highest BCUT2D eigenvalue weighted by Gasteiger charge is 2.65. The molecule has 6 atom stereocenters. The summed E-state index contributed by atoms with van der Waals surface area (Å²) in [4.78, 5) is 23.6. The van der Waals surface area contributed by atoms with Crippen molar-refractivity contribution in [3.63, 3.8) is 0 Å². The molecule has 2 aliphatic heterocycles. The van der Waals surface area contributed by atoms with Gasteiger partial charge in [-0.2, -0.15) is 0 Å². The van der Waals surface area contributed by atoms with Gasteiger partial charge >= 0.3 is 0 Å². The minimum atomic E-state index is -1.35. The van der Waals surface area contributed by atoms with E-state index in [-0.39, 0.29) is 50.3 Å². The minimum absolute atomic E-state index is 0.0937. The summed E-state index contributed by atoms with van der Waals surface area (Å²) in [6, 6.07) is 18.7. The number of oxime groups is 1. The van der Waals surface area contributed by atoms with Crippen LogP contribution in [0, 0.1) is 17.8 Å². The van der Waals surface area contributed by atoms with Crippen LogP contribution in [0.1, 0.15) is 80.1 Å². The number of ether oxygens (including phenoxy) is 5. The summed E-state index contributed by atoms with van der Waals surface area (Å²) in [6.45, 7) is 7.04. The first-order valence-corrected chi connectivity index (χ1v) is 21.8. The van der Waals surface area contributed by atoms with Gasteiger partial charge in [-0.25, -0.2) is 0 Å². The van der Waals surface area contributed by atoms with E-state index in [4.69, 9.17) is 33.7 Å². The third-order valence-electron chi connectivity index (χ3n) is 11.9. The van der Waals surface area contributed by atoms with Crippen molar-refractivity contribution in [3.8, 4) is 28.7 Å². The van der Waals surface area contributed by atoms with Gasteiger partial charge in [0.25, 0.3) is 5.91 Å². The summed E-state index contributed by atoms with van der Waals surface area (Å²) in [7, 11) is 1.55. The fourth-order valence-corrected chi connectivity index (χ4v) is 9.85. The molecule has 1 saturated carbocycles. The Balaban J connectivity index is 1.42. The highest BCUT2D eigenvalue weighted by atomic mass is 32.2. The van der Waals surface area contributed by atoms with Gasteiger partial charge in [-0.15, -0.1) is 18.3 Å². The van der Waals surface area contributed by atoms with Crippen molar-refractivity contribution in [3.05, 3.63) is 96.1 Å². The van der Waals surface area contributed by atoms with E-state index in [1.54, 1.807) is 43.1 Å². The first-order valence-electron chi connectivity index (χ1n) is 20.5. The lowest BCUT2D eigenvalue weighted by atomic mass is 9.55. The lowest BCUT2D eigenvalue weighted by molar-refractivity contribution is -0.254. The van der Waals surface area contributed by atoms with Gasteiger partial charge in [-0.3, -0.25) is 4.79 Å². The number of fused-ring (bicyclic) bond motifs is 3. The number of amides is 1. The number of aliphatic hydroxyl groups is 2. The Morgan fingerprint density at radius 3 is 2.45 bits per heavy atom. The summed E-state index contributed by atoms with van der Waals surface area (Å²) in [5.41, 5.74) is 3.19. The molecule has 0 bridgehead atoms. The molecular formula is C46H56N2O9S. The molecule has 4 aliphatic rings. The van der Waals surface area contributed by atoms with E-state index >= 15 is 0 Å². The second kappa shape index (κ2) is 19.1. The van der Waals surface area contributed by atoms with E-state index in [0.29, 0.717) is 60.8 Å². The first kappa shape index (κ1) is 41.7. The predicted octanol–water partition coefficient (Wildman–Crippen LogP) is 8.75. The van der Waals surface area contributed by atoms with Gasteiger partial charge in [0.15, 0.2) is 11.5 Å². The van der Waals surface area contributed by atoms with Crippen LogP contribution in [0.25, 0.3) is 0 Å². The van der Waals surface area contributed by atoms with Gasteiger partial charge in [0.1, 0.15) is 30.4 Å². The molecule has 2 heterocycles. The second-order valence-electron chi connectivity index (χ2n) is 15.3. The molecule has 0 radical (unpaired) electrons. The van der Waals surface area contributed by atoms with Gasteiger partial charge in [-0.1, -0.05) is 37.1 Å². The molecule has 58 heavy (non-hydrogen) atoms. The number of hydrogen-bond acceptors (Lipinski definition) is 11. The molecular weight excluding hydrogens is 757 g/mol. The second-order valence-corrected chi connectivity index (χ2v) is 16.2. The lowest BCUT2D eigenvalue weighted by Gasteiger charge is -2.60. The van der Waals surface area contributed by atoms with Gasteiger partial charge < -0.3 is 43.6 Å². The highest BCUT2D eigenvalue weighted by molar-refractivity contribution is 7.98. The summed E-state index contributed by atoms with van der Waals surface area (Å²) in [5, 5.41) is 24.5. The van der Waals surface area contributed by atoms with Crippen molar-refractivity contribution in [2.24, 2.45) is 22.9 Å². The van der Waals surface area contributed by atoms with E-state index < -0.39 is 17.7 Å². The fraction of sp³-hybridized carbons (Fsp3) is 0.478. The largest absolute Gasteiger partial charge is 0.459 e. The molecule has 3 aromatic carbocycles. The molecule has 11 nitrogen and oxygen atoms in total. The number of benzene rings is 3. The Morgan fingerprint density at radius 2 is 1.72 bits per heavy atom. The number of allylic oxidation sites excluding steroid dienone is 1. The number of nitrogens with zero attached hydrogens (tertiary/aromatic N) is 2. The van der Waals surface area contributed by atoms with Crippen LogP contribution in [0.15, 0.2) is 95.0 Å². The number of carbonyl (C=O) groups excluding carboxylic acids is 1. The third-order valence-corrected chi connectivity index (χ3v) is 12.6. The average Bonchev–Trinajstić information content (AvgIpc) is 3.72. The van der Waals surface area contributed by atoms with Crippen molar-refractivity contribution in [1.29, 1.82) is 0 Å². The Kier molecular flexibility index (Phi) is 13.7. The van der Waals surface area contributed by atoms with Crippen LogP contribution < -0.4 is 18.9 Å². The number of carbonyl (C=O) groups is 1. The van der Waals surface area contributed by atoms with Gasteiger partial charge in [0.2, 0.25) is 12.6 Å². The molecule has 6 unspecified atom stereocenters. The molecule has 2 N–H and O–H groups in total. The van der Waals surface area contributed by atoms with Crippen molar-refractivity contribution < 1.29 is 43.5 Å². The Morgan fingerprint density at radius 1 is 0.983 bits per heavy atom. The fourth-order valence-electron chi connectivity index (χ4n) is 9.44. The normalized spacial score (nSPS) is 24.6. The van der Waals surface area contributed by atoms with E-state index in [2.05, 4.69) is 25.6 Å². The van der Waals surface area contributed by atoms with Crippen molar-refractivity contribution >= 4 is 23.4 Å². The van der Waals surface area contributed by atoms with Gasteiger partial charge in [0.05, 0.1) is 18.2 Å². The van der Waals surface area contributed by atoms with Crippen molar-refractivity contribution in [1.82, 2.24) is 4.90 Å². The van der Waals surface area contributed by atoms with Crippen molar-refractivity contribution in [2.75, 3.05) is 46.5 Å². The van der Waals surface area contributed by atoms with Gasteiger partial charge in [-0.05, 0) is 116 Å². The number of hydrogen-bond donors (Lipinski definition) is 2. The maximum absolute atomic E-state index is 14.9. The number of rotatable bonds is 19. The molecule has 0 aromatic heterocycles. The zero-order valence-electron chi connectivity index (χ0n) is 33.8. The summed E-state index contributed by atoms with van der Waals surface area (Å²) < 4.78 is 32.2. The number of thioether (sulfide) groups is 1. The molecule has 0 saturated heterocycles. The van der Waals surface area contributed by atoms with Crippen LogP contribution in [0.4, 0.5) is 0 Å². The maximum atomic E-state index is 14.9. The standard InChI is InChI=1S/C46H56N2O9S/c1-5-21-48(45(51)31-13-19-40-41(26-31)54-29-53-40)42-28-38(47-52-3)36-25-30(11-7-9-22-49)35(12-8-10-23-50)43-37-27-33(56-32-14-17-34(58-4)18-15-32)16-20-39(37)57-46(42,44(36)43)55-24-6-2/h6,13-20,25-27,30,35,42-44,49-50H,2,5,7-12,21-24,28-29H2,1,3-4H3. The monoisotopic (exact) mass is 812 g/mol. The maximum Gasteiger partial charge on any atom is 0.254 e. The SMILES string of the molecule is C=CCOC12Oc3ccc(Oc4ccc(SC)cc4)cc3C3C(CCCCO)C(CCCCO)C=C(C(=NOC)CC1N(CCC)C(=O)c1ccc4c(c1)OCO4)C32. The first-order chi connectivity index (χ1) is 28.4. The van der Waals surface area contributed by atoms with Crippen molar-refractivity contribution in [2.45, 2.75) is 80.9 Å². The number of aliphatic hydroxyl groups excluding tert-OH is 2. The minimum Gasteiger partial charge on any atom is -0.459 e. The van der Waals surface area contributed by atoms with Crippen LogP contribution in [-0.4, -0.2) is 85.1 Å². The molecule has 1 fully saturated rings. The zero-order chi connectivity index (χ0) is 40.6. The van der Waals surface area contributed by atoms with Crippen LogP contribution in [0.3, 0.4) is 0 Å². The quantitative estimate of drug-likeness (QED) is 0.0525. The molecule has 3 aromatic rings. The lowest BCUT2D eigenvalue weighted by Crippen LogP contribution is -2.70. The Hall–Kier alpha value is -4.49. The van der Waals surface area contributed by atoms with Crippen LogP contribution >= 0.6 is 11.8 Å². The predicted molar refractivity (Wildman–Crippen MR) is 224 cm³/mol. The summed E-state index contributed by atoms with van der Waals surface area (Å²) >= 11 is 1.68. The molecule has 7 rings (SSSR count). The number of unbranched alkanes of at least 4 members (excludes halogenated alkanes) is 2.